The van der Waals surface area contributed by atoms with Crippen molar-refractivity contribution in [3.8, 4) is 0 Å². The fourth-order valence-electron chi connectivity index (χ4n) is 9.24. The smallest absolute Gasteiger partial charge is 0.328 e. The number of aliphatic imine (C=N–C) groups is 1. The van der Waals surface area contributed by atoms with Gasteiger partial charge in [0.1, 0.15) is 60.0 Å². The first-order valence-electron chi connectivity index (χ1n) is 25.3. The topological polar surface area (TPSA) is 390 Å². The van der Waals surface area contributed by atoms with E-state index in [1.165, 1.54) is 46.9 Å². The van der Waals surface area contributed by atoms with Gasteiger partial charge in [0.15, 0.2) is 5.96 Å². The van der Waals surface area contributed by atoms with E-state index < -0.39 is 126 Å². The van der Waals surface area contributed by atoms with Crippen LogP contribution in [-0.4, -0.2) is 182 Å². The highest BCUT2D eigenvalue weighted by Crippen LogP contribution is 2.27. The van der Waals surface area contributed by atoms with Crippen LogP contribution in [-0.2, 0) is 43.2 Å². The number of hydrogen-bond donors (Lipinski definition) is 11. The van der Waals surface area contributed by atoms with Crippen LogP contribution in [0.15, 0.2) is 28.1 Å². The molecule has 410 valence electrons. The molecule has 0 saturated carbocycles. The minimum absolute atomic E-state index is 0.0256. The van der Waals surface area contributed by atoms with Gasteiger partial charge in [0.25, 0.3) is 11.5 Å². The molecule has 9 amide bonds. The summed E-state index contributed by atoms with van der Waals surface area (Å²) in [4.78, 5) is 158. The number of carbonyl (C=O) groups is 10. The summed E-state index contributed by atoms with van der Waals surface area (Å²) in [6, 6.07) is -6.59. The zero-order valence-electron chi connectivity index (χ0n) is 43.0. The van der Waals surface area contributed by atoms with Gasteiger partial charge < -0.3 is 73.3 Å². The molecule has 74 heavy (non-hydrogen) atoms. The molecule has 3 aliphatic heterocycles. The third kappa shape index (κ3) is 16.7. The second-order valence-electron chi connectivity index (χ2n) is 19.9. The van der Waals surface area contributed by atoms with Crippen LogP contribution in [0.1, 0.15) is 116 Å². The number of carboxylic acids is 1. The van der Waals surface area contributed by atoms with Crippen molar-refractivity contribution in [2.24, 2.45) is 28.3 Å². The number of aromatic nitrogens is 1. The molecule has 1 aromatic heterocycles. The minimum atomic E-state index is -1.56. The number of carbonyl (C=O) groups excluding carboxylic acids is 9. The first-order chi connectivity index (χ1) is 34.9. The lowest BCUT2D eigenvalue weighted by atomic mass is 10.0. The number of nitrogens with one attached hydrogen (secondary N) is 7. The van der Waals surface area contributed by atoms with E-state index >= 15 is 0 Å². The Kier molecular flexibility index (Phi) is 22.3. The molecule has 0 radical (unpaired) electrons. The number of aromatic amines is 1. The lowest BCUT2D eigenvalue weighted by Crippen LogP contribution is -2.60. The maximum absolute atomic E-state index is 14.5. The Bertz CT molecular complexity index is 2300. The van der Waals surface area contributed by atoms with Crippen LogP contribution in [0.5, 0.6) is 0 Å². The molecule has 0 aliphatic carbocycles. The standard InChI is InChI=1S/C48H75N13O13/c1-25(2)22-31(56-37(63)27(5)54-41(67)30(13-8-18-52-48(49)50)55-40(66)29-12-7-17-51-39(29)65)45(71)61-21-11-16-36(61)46(72)60-20-10-15-35(60)42(68)57-32(23-26(3)4)44(70)59-19-9-14-34(59)43(69)58-33(47(73)74)24-53-38(64)28(6)62/h7,12,17,25-28,30-36,62H,8-11,13-16,18-24H2,1-6H3,(H,51,65)(H,53,64)(H,54,67)(H,55,66)(H,56,63)(H,57,68)(H,58,69)(H,73,74)(H4,49,50,52)/t27-,28?,30-,31-,32-,33-,34-,35-,36-/m0/s1. The zero-order chi connectivity index (χ0) is 55.0. The number of aliphatic hydroxyl groups is 1. The molecule has 1 aromatic rings. The number of carboxylic acid groups (broad SMARTS) is 1. The molecular weight excluding hydrogens is 967 g/mol. The van der Waals surface area contributed by atoms with Crippen molar-refractivity contribution >= 4 is 65.1 Å². The number of aliphatic hydroxyl groups excluding tert-OH is 1. The van der Waals surface area contributed by atoms with Crippen molar-refractivity contribution in [1.29, 1.82) is 0 Å². The Balaban J connectivity index is 1.44. The Morgan fingerprint density at radius 2 is 1.22 bits per heavy atom. The van der Waals surface area contributed by atoms with E-state index in [4.69, 9.17) is 11.5 Å². The normalized spacial score (nSPS) is 19.9. The maximum atomic E-state index is 14.5. The third-order valence-corrected chi connectivity index (χ3v) is 13.0. The van der Waals surface area contributed by atoms with Gasteiger partial charge in [-0.1, -0.05) is 27.7 Å². The summed E-state index contributed by atoms with van der Waals surface area (Å²) in [5.74, 6) is -7.96. The Hall–Kier alpha value is -7.12. The van der Waals surface area contributed by atoms with Gasteiger partial charge in [0, 0.05) is 38.9 Å². The van der Waals surface area contributed by atoms with E-state index in [0.717, 1.165) is 0 Å². The van der Waals surface area contributed by atoms with E-state index in [-0.39, 0.29) is 94.5 Å². The number of H-pyrrole nitrogens is 1. The summed E-state index contributed by atoms with van der Waals surface area (Å²) in [7, 11) is 0. The Labute approximate surface area is 429 Å². The summed E-state index contributed by atoms with van der Waals surface area (Å²) in [6.07, 6.45) is 2.59. The molecule has 13 N–H and O–H groups in total. The second-order valence-corrected chi connectivity index (χ2v) is 19.9. The van der Waals surface area contributed by atoms with Gasteiger partial charge in [-0.05, 0) is 102 Å². The molecule has 9 atom stereocenters. The SMILES string of the molecule is CC(C)C[C@H](NC(=O)[C@@H]1CCCN1C(=O)[C@@H]1CCCN1C(=O)[C@H](CC(C)C)NC(=O)[C@H](C)NC(=O)[C@H](CCCN=C(N)N)NC(=O)c1ccc[nH]c1=O)C(=O)N1CCC[C@H]1C(=O)N[C@@H](CNC(=O)C(C)O)C(=O)O. The first-order valence-corrected chi connectivity index (χ1v) is 25.3. The lowest BCUT2D eigenvalue weighted by molar-refractivity contribution is -0.149. The molecule has 1 unspecified atom stereocenters. The predicted octanol–water partition coefficient (Wildman–Crippen LogP) is -2.87. The van der Waals surface area contributed by atoms with E-state index in [9.17, 15) is 63.0 Å². The average molecular weight is 1040 g/mol. The van der Waals surface area contributed by atoms with Crippen LogP contribution in [0.4, 0.5) is 0 Å². The number of rotatable bonds is 25. The van der Waals surface area contributed by atoms with Crippen LogP contribution in [0.25, 0.3) is 0 Å². The van der Waals surface area contributed by atoms with E-state index in [0.29, 0.717) is 19.3 Å². The highest BCUT2D eigenvalue weighted by Gasteiger charge is 2.45. The van der Waals surface area contributed by atoms with Crippen LogP contribution >= 0.6 is 0 Å². The fraction of sp³-hybridized carbons (Fsp3) is 0.667. The quantitative estimate of drug-likeness (QED) is 0.0267. The molecule has 4 heterocycles. The lowest BCUT2D eigenvalue weighted by Gasteiger charge is -2.34. The van der Waals surface area contributed by atoms with Crippen molar-refractivity contribution < 1.29 is 58.2 Å². The van der Waals surface area contributed by atoms with Crippen LogP contribution in [0, 0.1) is 11.8 Å². The number of amides is 9. The average Bonchev–Trinajstić information content (AvgIpc) is 4.14. The summed E-state index contributed by atoms with van der Waals surface area (Å²) in [5, 5.41) is 34.5. The first kappa shape index (κ1) is 59.4. The van der Waals surface area contributed by atoms with Gasteiger partial charge in [-0.15, -0.1) is 0 Å². The summed E-state index contributed by atoms with van der Waals surface area (Å²) in [5.41, 5.74) is 9.93. The number of hydrogen-bond acceptors (Lipinski definition) is 13. The minimum Gasteiger partial charge on any atom is -0.480 e. The van der Waals surface area contributed by atoms with E-state index in [1.807, 2.05) is 27.7 Å². The molecule has 3 aliphatic rings. The van der Waals surface area contributed by atoms with E-state index in [1.54, 1.807) is 0 Å². The molecule has 3 fully saturated rings. The molecule has 0 spiro atoms. The largest absolute Gasteiger partial charge is 0.480 e. The van der Waals surface area contributed by atoms with Crippen molar-refractivity contribution in [3.05, 3.63) is 34.2 Å². The van der Waals surface area contributed by atoms with Crippen LogP contribution in [0.3, 0.4) is 0 Å². The van der Waals surface area contributed by atoms with Gasteiger partial charge in [0.2, 0.25) is 47.3 Å². The number of likely N-dealkylation sites (tertiary alicyclic amines) is 3. The fourth-order valence-corrected chi connectivity index (χ4v) is 9.24. The zero-order valence-corrected chi connectivity index (χ0v) is 43.0. The van der Waals surface area contributed by atoms with Crippen molar-refractivity contribution in [2.45, 2.75) is 160 Å². The molecule has 26 heteroatoms. The van der Waals surface area contributed by atoms with E-state index in [2.05, 4.69) is 41.9 Å². The Morgan fingerprint density at radius 1 is 0.689 bits per heavy atom. The summed E-state index contributed by atoms with van der Waals surface area (Å²) < 4.78 is 0. The maximum Gasteiger partial charge on any atom is 0.328 e. The van der Waals surface area contributed by atoms with Gasteiger partial charge in [0.05, 0.1) is 0 Å². The molecule has 26 nitrogen and oxygen atoms in total. The molecule has 3 saturated heterocycles. The van der Waals surface area contributed by atoms with Gasteiger partial charge in [-0.2, -0.15) is 0 Å². The van der Waals surface area contributed by atoms with Crippen LogP contribution < -0.4 is 48.9 Å². The predicted molar refractivity (Wildman–Crippen MR) is 267 cm³/mol. The highest BCUT2D eigenvalue weighted by atomic mass is 16.4. The molecule has 0 bridgehead atoms. The van der Waals surface area contributed by atoms with Gasteiger partial charge >= 0.3 is 5.97 Å². The number of guanidine groups is 1. The van der Waals surface area contributed by atoms with Crippen molar-refractivity contribution in [2.75, 3.05) is 32.7 Å². The van der Waals surface area contributed by atoms with Crippen LogP contribution in [0.2, 0.25) is 0 Å². The third-order valence-electron chi connectivity index (χ3n) is 13.0. The Morgan fingerprint density at radius 3 is 1.76 bits per heavy atom. The summed E-state index contributed by atoms with van der Waals surface area (Å²) in [6.45, 7) is 10.1. The van der Waals surface area contributed by atoms with Gasteiger partial charge in [-0.25, -0.2) is 4.79 Å². The molecular formula is C48H75N13O13. The molecule has 4 rings (SSSR count). The number of aliphatic carboxylic acids is 1. The number of pyridine rings is 1. The van der Waals surface area contributed by atoms with Crippen molar-refractivity contribution in [3.63, 3.8) is 0 Å². The number of nitrogens with zero attached hydrogens (tertiary/aromatic N) is 4. The highest BCUT2D eigenvalue weighted by molar-refractivity contribution is 6.00. The summed E-state index contributed by atoms with van der Waals surface area (Å²) >= 11 is 0. The number of nitrogens with two attached hydrogens (primary N) is 2. The van der Waals surface area contributed by atoms with Crippen molar-refractivity contribution in [1.82, 2.24) is 51.6 Å². The van der Waals surface area contributed by atoms with Gasteiger partial charge in [-0.3, -0.25) is 52.9 Å². The molecule has 0 aromatic carbocycles. The monoisotopic (exact) mass is 1040 g/mol. The second kappa shape index (κ2) is 27.8.